The molecule has 202 valence electrons. The third-order valence-electron chi connectivity index (χ3n) is 9.02. The van der Waals surface area contributed by atoms with E-state index in [4.69, 9.17) is 0 Å². The molecule has 35 heavy (non-hydrogen) atoms. The summed E-state index contributed by atoms with van der Waals surface area (Å²) in [4.78, 5) is 0. The molecule has 2 fully saturated rings. The van der Waals surface area contributed by atoms with Crippen molar-refractivity contribution in [3.63, 3.8) is 0 Å². The minimum absolute atomic E-state index is 0.869. The van der Waals surface area contributed by atoms with Gasteiger partial charge in [-0.05, 0) is 141 Å². The van der Waals surface area contributed by atoms with Crippen molar-refractivity contribution in [3.05, 3.63) is 34.9 Å². The predicted octanol–water partition coefficient (Wildman–Crippen LogP) is 11.9. The van der Waals surface area contributed by atoms with Gasteiger partial charge in [-0.2, -0.15) is 0 Å². The van der Waals surface area contributed by atoms with Crippen LogP contribution in [0.2, 0.25) is 0 Å². The summed E-state index contributed by atoms with van der Waals surface area (Å²) in [6, 6.07) is 0. The normalized spacial score (nSPS) is 25.2. The van der Waals surface area contributed by atoms with Gasteiger partial charge in [0.25, 0.3) is 0 Å². The monoisotopic (exact) mass is 482 g/mol. The molecule has 0 aromatic carbocycles. The molecule has 0 saturated heterocycles. The van der Waals surface area contributed by atoms with Crippen molar-refractivity contribution in [1.29, 1.82) is 0 Å². The van der Waals surface area contributed by atoms with Gasteiger partial charge in [0.2, 0.25) is 0 Å². The third-order valence-corrected chi connectivity index (χ3v) is 9.02. The van der Waals surface area contributed by atoms with E-state index in [0.717, 1.165) is 35.5 Å². The first-order valence-electron chi connectivity index (χ1n) is 15.7. The highest BCUT2D eigenvalue weighted by atomic mass is 14.5. The summed E-state index contributed by atoms with van der Waals surface area (Å²) in [6.45, 7) is 16.2. The Morgan fingerprint density at radius 2 is 1.17 bits per heavy atom. The molecule has 0 N–H and O–H groups in total. The van der Waals surface area contributed by atoms with Gasteiger partial charge in [-0.1, -0.05) is 80.9 Å². The Morgan fingerprint density at radius 1 is 0.600 bits per heavy atom. The van der Waals surface area contributed by atoms with Crippen molar-refractivity contribution in [1.82, 2.24) is 0 Å². The lowest BCUT2D eigenvalue weighted by Gasteiger charge is -2.11. The van der Waals surface area contributed by atoms with Crippen LogP contribution in [0.1, 0.15) is 151 Å². The maximum Gasteiger partial charge on any atom is -0.0317 e. The Balaban J connectivity index is 1.40. The van der Waals surface area contributed by atoms with E-state index >= 15 is 0 Å². The summed E-state index contributed by atoms with van der Waals surface area (Å²) in [7, 11) is 0. The van der Waals surface area contributed by atoms with Gasteiger partial charge in [-0.15, -0.1) is 0 Å². The number of hydrogen-bond donors (Lipinski definition) is 0. The fraction of sp³-hybridized carbons (Fsp3) is 0.829. The van der Waals surface area contributed by atoms with E-state index in [-0.39, 0.29) is 0 Å². The average Bonchev–Trinajstić information content (AvgIpc) is 3.70. The highest BCUT2D eigenvalue weighted by Crippen LogP contribution is 2.51. The first kappa shape index (κ1) is 30.4. The summed E-state index contributed by atoms with van der Waals surface area (Å²) in [6.07, 6.45) is 30.1. The zero-order chi connectivity index (χ0) is 25.6. The molecule has 2 saturated carbocycles. The second kappa shape index (κ2) is 16.9. The lowest BCUT2D eigenvalue weighted by molar-refractivity contribution is 0.436. The number of rotatable bonds is 20. The molecule has 3 unspecified atom stereocenters. The molecule has 2 aliphatic carbocycles. The van der Waals surface area contributed by atoms with Crippen molar-refractivity contribution >= 4 is 0 Å². The molecule has 2 aliphatic rings. The van der Waals surface area contributed by atoms with Gasteiger partial charge < -0.3 is 0 Å². The van der Waals surface area contributed by atoms with Crippen LogP contribution >= 0.6 is 0 Å². The number of hydrogen-bond acceptors (Lipinski definition) is 0. The molecule has 0 heterocycles. The largest absolute Gasteiger partial charge is 0.0859 e. The number of unbranched alkanes of at least 4 members (excludes halogenated alkanes) is 1. The van der Waals surface area contributed by atoms with Crippen LogP contribution in [0.25, 0.3) is 0 Å². The fourth-order valence-corrected chi connectivity index (χ4v) is 6.11. The Morgan fingerprint density at radius 3 is 1.89 bits per heavy atom. The Bertz CT molecular complexity index is 654. The molecule has 0 aliphatic heterocycles. The highest BCUT2D eigenvalue weighted by Gasteiger charge is 2.40. The summed E-state index contributed by atoms with van der Waals surface area (Å²) in [5.74, 6) is 6.10. The Labute approximate surface area is 221 Å². The zero-order valence-electron chi connectivity index (χ0n) is 25.0. The van der Waals surface area contributed by atoms with Crippen LogP contribution in [-0.2, 0) is 0 Å². The molecule has 2 rings (SSSR count). The molecule has 0 heteroatoms. The second-order valence-electron chi connectivity index (χ2n) is 13.5. The quantitative estimate of drug-likeness (QED) is 0.119. The van der Waals surface area contributed by atoms with Gasteiger partial charge in [0.15, 0.2) is 0 Å². The molecule has 0 spiro atoms. The van der Waals surface area contributed by atoms with Crippen LogP contribution in [0.4, 0.5) is 0 Å². The molecular formula is C35H62. The highest BCUT2D eigenvalue weighted by molar-refractivity contribution is 5.00. The third kappa shape index (κ3) is 15.2. The fourth-order valence-electron chi connectivity index (χ4n) is 6.11. The predicted molar refractivity (Wildman–Crippen MR) is 159 cm³/mol. The maximum atomic E-state index is 2.54. The van der Waals surface area contributed by atoms with Gasteiger partial charge >= 0.3 is 0 Å². The first-order valence-corrected chi connectivity index (χ1v) is 15.7. The van der Waals surface area contributed by atoms with Gasteiger partial charge in [0.1, 0.15) is 0 Å². The van der Waals surface area contributed by atoms with Gasteiger partial charge in [-0.3, -0.25) is 0 Å². The lowest BCUT2D eigenvalue weighted by Crippen LogP contribution is -1.96. The van der Waals surface area contributed by atoms with Crippen molar-refractivity contribution in [2.75, 3.05) is 0 Å². The van der Waals surface area contributed by atoms with Crippen LogP contribution in [0.3, 0.4) is 0 Å². The smallest absolute Gasteiger partial charge is 0.0317 e. The van der Waals surface area contributed by atoms with E-state index < -0.39 is 0 Å². The summed E-state index contributed by atoms with van der Waals surface area (Å²) < 4.78 is 0. The molecular weight excluding hydrogens is 420 g/mol. The van der Waals surface area contributed by atoms with E-state index in [1.54, 1.807) is 12.0 Å². The second-order valence-corrected chi connectivity index (χ2v) is 13.5. The van der Waals surface area contributed by atoms with Crippen molar-refractivity contribution in [2.24, 2.45) is 35.5 Å². The van der Waals surface area contributed by atoms with E-state index in [9.17, 15) is 0 Å². The van der Waals surface area contributed by atoms with E-state index in [1.807, 2.05) is 0 Å². The lowest BCUT2D eigenvalue weighted by atomic mass is 9.95. The van der Waals surface area contributed by atoms with Crippen LogP contribution in [-0.4, -0.2) is 0 Å². The first-order chi connectivity index (χ1) is 16.7. The standard InChI is InChI=1S/C35H62/c1-27(2)13-10-16-31(7)18-11-17-29(5)14-8-9-15-30(6)19-12-20-32-25-34(32)23-24-35-26-33(35)22-21-28(3)4/h13-14,21,30-35H,8-12,15-20,22-26H2,1-7H3/b29-14+/t30?,31?,32-,33-,34-,35?/m1/s1. The minimum Gasteiger partial charge on any atom is -0.0859 e. The molecule has 0 amide bonds. The van der Waals surface area contributed by atoms with Crippen LogP contribution in [0, 0.1) is 35.5 Å². The van der Waals surface area contributed by atoms with Gasteiger partial charge in [-0.25, -0.2) is 0 Å². The molecule has 0 aromatic heterocycles. The zero-order valence-corrected chi connectivity index (χ0v) is 25.0. The van der Waals surface area contributed by atoms with Crippen molar-refractivity contribution in [3.8, 4) is 0 Å². The minimum atomic E-state index is 0.869. The molecule has 6 atom stereocenters. The van der Waals surface area contributed by atoms with E-state index in [1.165, 1.54) is 107 Å². The molecule has 0 nitrogen and oxygen atoms in total. The topological polar surface area (TPSA) is 0 Å². The Kier molecular flexibility index (Phi) is 14.7. The maximum absolute atomic E-state index is 2.54. The van der Waals surface area contributed by atoms with Gasteiger partial charge in [0.05, 0.1) is 0 Å². The van der Waals surface area contributed by atoms with Crippen molar-refractivity contribution < 1.29 is 0 Å². The van der Waals surface area contributed by atoms with Gasteiger partial charge in [0, 0.05) is 0 Å². The van der Waals surface area contributed by atoms with E-state index in [0.29, 0.717) is 0 Å². The Hall–Kier alpha value is -0.780. The van der Waals surface area contributed by atoms with Crippen LogP contribution in [0.5, 0.6) is 0 Å². The van der Waals surface area contributed by atoms with Crippen molar-refractivity contribution in [2.45, 2.75) is 151 Å². The molecule has 0 radical (unpaired) electrons. The number of allylic oxidation sites excluding steroid dienone is 6. The summed E-state index contributed by atoms with van der Waals surface area (Å²) in [5, 5.41) is 0. The summed E-state index contributed by atoms with van der Waals surface area (Å²) in [5.41, 5.74) is 4.59. The molecule has 0 aromatic rings. The molecule has 0 bridgehead atoms. The van der Waals surface area contributed by atoms with Crippen LogP contribution in [0.15, 0.2) is 34.9 Å². The summed E-state index contributed by atoms with van der Waals surface area (Å²) >= 11 is 0. The SMILES string of the molecule is CC(C)=CCCC(C)CCC/C(C)=C/CCCC(C)CCC[C@@H]1C[C@H]1CCC1C[C@H]1CC=C(C)C. The average molecular weight is 483 g/mol. The van der Waals surface area contributed by atoms with E-state index in [2.05, 4.69) is 66.7 Å². The van der Waals surface area contributed by atoms with Crippen LogP contribution < -0.4 is 0 Å².